The van der Waals surface area contributed by atoms with E-state index in [1.165, 1.54) is 17.5 Å². The summed E-state index contributed by atoms with van der Waals surface area (Å²) in [6.07, 6.45) is 8.13. The first-order chi connectivity index (χ1) is 10.2. The van der Waals surface area contributed by atoms with Crippen molar-refractivity contribution in [1.29, 1.82) is 0 Å². The van der Waals surface area contributed by atoms with Crippen LogP contribution in [0.1, 0.15) is 21.8 Å². The molecular formula is C20H20Ti. The number of hydrogen-bond acceptors (Lipinski definition) is 0. The maximum atomic E-state index is 2.59. The number of benzene rings is 2. The van der Waals surface area contributed by atoms with E-state index in [4.69, 9.17) is 0 Å². The molecule has 0 spiro atoms. The van der Waals surface area contributed by atoms with Crippen molar-refractivity contribution in [3.05, 3.63) is 81.8 Å². The molecule has 0 saturated heterocycles. The Balaban J connectivity index is 1.93. The molecule has 0 amide bonds. The topological polar surface area (TPSA) is 0 Å². The summed E-state index contributed by atoms with van der Waals surface area (Å²) in [5.74, 6) is 0. The zero-order valence-corrected chi connectivity index (χ0v) is 14.2. The predicted molar refractivity (Wildman–Crippen MR) is 87.3 cm³/mol. The Bertz CT molecular complexity index is 719. The number of fused-ring (bicyclic) bond motifs is 3. The fourth-order valence-electron chi connectivity index (χ4n) is 4.04. The van der Waals surface area contributed by atoms with Crippen molar-refractivity contribution in [2.45, 2.75) is 21.1 Å². The van der Waals surface area contributed by atoms with Gasteiger partial charge >= 0.3 is 131 Å². The van der Waals surface area contributed by atoms with E-state index < -0.39 is 16.6 Å². The van der Waals surface area contributed by atoms with E-state index in [9.17, 15) is 0 Å². The second-order valence-electron chi connectivity index (χ2n) is 6.65. The van der Waals surface area contributed by atoms with Gasteiger partial charge in [-0.3, -0.25) is 0 Å². The minimum atomic E-state index is -2.13. The van der Waals surface area contributed by atoms with Gasteiger partial charge in [0, 0.05) is 0 Å². The molecule has 0 aromatic heterocycles. The Morgan fingerprint density at radius 2 is 1.43 bits per heavy atom. The average molecular weight is 308 g/mol. The van der Waals surface area contributed by atoms with Crippen molar-refractivity contribution in [2.75, 3.05) is 0 Å². The molecule has 2 aromatic carbocycles. The molecule has 2 aliphatic rings. The number of hydrogen-bond donors (Lipinski definition) is 0. The summed E-state index contributed by atoms with van der Waals surface area (Å²) < 4.78 is 2.37. The van der Waals surface area contributed by atoms with Crippen molar-refractivity contribution in [3.63, 3.8) is 0 Å². The molecule has 0 N–H and O–H groups in total. The number of rotatable bonds is 2. The third-order valence-corrected chi connectivity index (χ3v) is 11.5. The van der Waals surface area contributed by atoms with E-state index in [1.54, 1.807) is 15.0 Å². The molecule has 0 nitrogen and oxygen atoms in total. The molecule has 0 atom stereocenters. The molecule has 0 aliphatic heterocycles. The summed E-state index contributed by atoms with van der Waals surface area (Å²) in [5.41, 5.74) is 6.06. The fraction of sp³-hybridized carbons (Fsp3) is 0.200. The van der Waals surface area contributed by atoms with Crippen LogP contribution in [-0.4, -0.2) is 0 Å². The van der Waals surface area contributed by atoms with Gasteiger partial charge in [-0.2, -0.15) is 0 Å². The molecular weight excluding hydrogens is 288 g/mol. The van der Waals surface area contributed by atoms with Gasteiger partial charge in [-0.1, -0.05) is 0 Å². The summed E-state index contributed by atoms with van der Waals surface area (Å²) in [4.78, 5) is 0. The zero-order chi connectivity index (χ0) is 14.4. The summed E-state index contributed by atoms with van der Waals surface area (Å²) in [6.45, 7) is 0. The second-order valence-corrected chi connectivity index (χ2v) is 13.9. The van der Waals surface area contributed by atoms with E-state index in [0.29, 0.717) is 4.22 Å². The third-order valence-electron chi connectivity index (χ3n) is 5.15. The van der Waals surface area contributed by atoms with Gasteiger partial charge in [0.1, 0.15) is 0 Å². The van der Waals surface area contributed by atoms with Gasteiger partial charge in [0.2, 0.25) is 0 Å². The van der Waals surface area contributed by atoms with Crippen LogP contribution in [0.4, 0.5) is 0 Å². The molecule has 0 bridgehead atoms. The van der Waals surface area contributed by atoms with Gasteiger partial charge in [-0.15, -0.1) is 0 Å². The summed E-state index contributed by atoms with van der Waals surface area (Å²) >= 11 is -2.13. The minimum absolute atomic E-state index is 0.642. The normalized spacial score (nSPS) is 16.8. The Morgan fingerprint density at radius 3 is 1.95 bits per heavy atom. The molecule has 4 rings (SSSR count). The standard InChI is InChI=1S/C13H9.C5H5.2CH3.Ti/c1-3-7-12-10(5-1)9-11-6-2-4-8-13(11)12;1-2-4-5-3-1;;;/h1-9H;1-3H,4H2;2*1H3;. The zero-order valence-electron chi connectivity index (χ0n) is 12.6. The Labute approximate surface area is 130 Å². The van der Waals surface area contributed by atoms with Crippen LogP contribution in [0.25, 0.3) is 11.1 Å². The van der Waals surface area contributed by atoms with Crippen LogP contribution < -0.4 is 0 Å². The van der Waals surface area contributed by atoms with Crippen molar-refractivity contribution in [1.82, 2.24) is 0 Å². The van der Waals surface area contributed by atoms with Crippen molar-refractivity contribution in [3.8, 4) is 11.1 Å². The first-order valence-electron chi connectivity index (χ1n) is 7.74. The monoisotopic (exact) mass is 308 g/mol. The predicted octanol–water partition coefficient (Wildman–Crippen LogP) is 5.85. The maximum absolute atomic E-state index is 2.59. The van der Waals surface area contributed by atoms with E-state index >= 15 is 0 Å². The van der Waals surface area contributed by atoms with E-state index in [0.717, 1.165) is 0 Å². The Kier molecular flexibility index (Phi) is 3.06. The van der Waals surface area contributed by atoms with Gasteiger partial charge in [0.15, 0.2) is 0 Å². The van der Waals surface area contributed by atoms with Crippen LogP contribution in [-0.2, 0) is 16.6 Å². The van der Waals surface area contributed by atoms with Crippen LogP contribution in [0, 0.1) is 0 Å². The quantitative estimate of drug-likeness (QED) is 0.610. The van der Waals surface area contributed by atoms with Crippen LogP contribution >= 0.6 is 0 Å². The van der Waals surface area contributed by atoms with E-state index in [1.807, 2.05) is 0 Å². The van der Waals surface area contributed by atoms with Crippen molar-refractivity contribution >= 4 is 0 Å². The summed E-state index contributed by atoms with van der Waals surface area (Å²) in [6, 6.07) is 18.1. The third kappa shape index (κ3) is 1.93. The molecule has 0 radical (unpaired) electrons. The molecule has 0 heterocycles. The van der Waals surface area contributed by atoms with Crippen LogP contribution in [0.5, 0.6) is 0 Å². The Hall–Kier alpha value is -1.37. The second kappa shape index (κ2) is 4.83. The van der Waals surface area contributed by atoms with Gasteiger partial charge < -0.3 is 0 Å². The molecule has 1 heteroatoms. The molecule has 0 saturated carbocycles. The molecule has 21 heavy (non-hydrogen) atoms. The molecule has 0 unspecified atom stereocenters. The van der Waals surface area contributed by atoms with Gasteiger partial charge in [-0.25, -0.2) is 0 Å². The molecule has 104 valence electrons. The van der Waals surface area contributed by atoms with Crippen LogP contribution in [0.2, 0.25) is 10.5 Å². The van der Waals surface area contributed by atoms with Crippen molar-refractivity contribution < 1.29 is 16.6 Å². The molecule has 2 aromatic rings. The summed E-state index contributed by atoms with van der Waals surface area (Å²) in [5, 5.41) is 5.17. The first kappa shape index (κ1) is 13.3. The first-order valence-corrected chi connectivity index (χ1v) is 12.5. The summed E-state index contributed by atoms with van der Waals surface area (Å²) in [7, 11) is 0. The van der Waals surface area contributed by atoms with Crippen molar-refractivity contribution in [2.24, 2.45) is 0 Å². The number of allylic oxidation sites excluding steroid dienone is 4. The average Bonchev–Trinajstić information content (AvgIpc) is 3.14. The van der Waals surface area contributed by atoms with Gasteiger partial charge in [0.25, 0.3) is 0 Å². The molecule has 2 aliphatic carbocycles. The van der Waals surface area contributed by atoms with Gasteiger partial charge in [0.05, 0.1) is 0 Å². The SMILES string of the molecule is [CH3][Ti]([CH3])([C]1=CC=CC1)[CH]1c2ccccc2-c2ccccc21. The van der Waals surface area contributed by atoms with E-state index in [-0.39, 0.29) is 0 Å². The van der Waals surface area contributed by atoms with Gasteiger partial charge in [-0.05, 0) is 0 Å². The van der Waals surface area contributed by atoms with Crippen LogP contribution in [0.15, 0.2) is 70.6 Å². The fourth-order valence-corrected chi connectivity index (χ4v) is 9.66. The Morgan fingerprint density at radius 1 is 0.857 bits per heavy atom. The van der Waals surface area contributed by atoms with E-state index in [2.05, 4.69) is 77.2 Å². The van der Waals surface area contributed by atoms with Crippen LogP contribution in [0.3, 0.4) is 0 Å². The molecule has 0 fully saturated rings.